The van der Waals surface area contributed by atoms with Crippen molar-refractivity contribution in [3.8, 4) is 0 Å². The average Bonchev–Trinajstić information content (AvgIpc) is 2.86. The third-order valence-corrected chi connectivity index (χ3v) is 4.20. The lowest BCUT2D eigenvalue weighted by Crippen LogP contribution is -2.41. The van der Waals surface area contributed by atoms with Crippen LogP contribution in [0.1, 0.15) is 13.3 Å². The minimum absolute atomic E-state index is 0.0569. The van der Waals surface area contributed by atoms with Crippen LogP contribution in [0, 0.1) is 5.92 Å². The quantitative estimate of drug-likeness (QED) is 0.886. The fourth-order valence-corrected chi connectivity index (χ4v) is 2.79. The Morgan fingerprint density at radius 3 is 3.00 bits per heavy atom. The fourth-order valence-electron chi connectivity index (χ4n) is 2.26. The molecular formula is C14H20BrN3O. The number of rotatable bonds is 4. The fraction of sp³-hybridized carbons (Fsp3) is 0.500. The Labute approximate surface area is 122 Å². The van der Waals surface area contributed by atoms with Crippen molar-refractivity contribution in [2.75, 3.05) is 24.5 Å². The zero-order chi connectivity index (χ0) is 13.8. The van der Waals surface area contributed by atoms with Crippen LogP contribution in [0.25, 0.3) is 0 Å². The Balaban J connectivity index is 1.94. The summed E-state index contributed by atoms with van der Waals surface area (Å²) in [5.74, 6) is -0.0565. The third-order valence-electron chi connectivity index (χ3n) is 3.53. The van der Waals surface area contributed by atoms with Gasteiger partial charge in [0.05, 0.1) is 5.69 Å². The van der Waals surface area contributed by atoms with Gasteiger partial charge in [-0.25, -0.2) is 0 Å². The summed E-state index contributed by atoms with van der Waals surface area (Å²) in [5, 5.41) is 3.07. The van der Waals surface area contributed by atoms with E-state index in [4.69, 9.17) is 5.73 Å². The number of nitrogens with one attached hydrogen (secondary N) is 1. The summed E-state index contributed by atoms with van der Waals surface area (Å²) in [4.78, 5) is 14.1. The predicted octanol–water partition coefficient (Wildman–Crippen LogP) is 1.74. The molecule has 1 fully saturated rings. The van der Waals surface area contributed by atoms with Gasteiger partial charge in [-0.05, 0) is 34.5 Å². The Hall–Kier alpha value is -1.07. The monoisotopic (exact) mass is 325 g/mol. The number of amides is 1. The van der Waals surface area contributed by atoms with Gasteiger partial charge in [-0.3, -0.25) is 4.79 Å². The minimum Gasteiger partial charge on any atom is -0.368 e. The van der Waals surface area contributed by atoms with Crippen LogP contribution < -0.4 is 16.0 Å². The molecule has 0 spiro atoms. The molecule has 2 unspecified atom stereocenters. The zero-order valence-corrected chi connectivity index (χ0v) is 12.7. The standard InChI is InChI=1S/C14H20BrN3O/c1-10(8-16)14(19)17-11-6-7-18(9-11)13-5-3-2-4-12(13)15/h2-5,10-11H,6-9,16H2,1H3,(H,17,19). The SMILES string of the molecule is CC(CN)C(=O)NC1CCN(c2ccccc2Br)C1. The van der Waals surface area contributed by atoms with Gasteiger partial charge in [0, 0.05) is 36.1 Å². The predicted molar refractivity (Wildman–Crippen MR) is 81.1 cm³/mol. The average molecular weight is 326 g/mol. The van der Waals surface area contributed by atoms with Gasteiger partial charge in [0.15, 0.2) is 0 Å². The molecule has 4 nitrogen and oxygen atoms in total. The maximum absolute atomic E-state index is 11.8. The second kappa shape index (κ2) is 6.39. The molecule has 5 heteroatoms. The lowest BCUT2D eigenvalue weighted by atomic mass is 10.1. The molecule has 2 rings (SSSR count). The van der Waals surface area contributed by atoms with Crippen LogP contribution in [0.15, 0.2) is 28.7 Å². The second-order valence-electron chi connectivity index (χ2n) is 5.03. The van der Waals surface area contributed by atoms with Crippen molar-refractivity contribution in [3.05, 3.63) is 28.7 Å². The number of anilines is 1. The summed E-state index contributed by atoms with van der Waals surface area (Å²) >= 11 is 3.57. The molecule has 1 amide bonds. The van der Waals surface area contributed by atoms with Crippen LogP contribution in [-0.2, 0) is 4.79 Å². The largest absolute Gasteiger partial charge is 0.368 e. The maximum atomic E-state index is 11.8. The highest BCUT2D eigenvalue weighted by Crippen LogP contribution is 2.28. The van der Waals surface area contributed by atoms with E-state index in [0.717, 1.165) is 24.0 Å². The van der Waals surface area contributed by atoms with Crippen LogP contribution in [0.4, 0.5) is 5.69 Å². The van der Waals surface area contributed by atoms with E-state index in [9.17, 15) is 4.79 Å². The lowest BCUT2D eigenvalue weighted by molar-refractivity contribution is -0.124. The van der Waals surface area contributed by atoms with E-state index in [1.807, 2.05) is 25.1 Å². The van der Waals surface area contributed by atoms with Crippen molar-refractivity contribution in [1.29, 1.82) is 0 Å². The Morgan fingerprint density at radius 2 is 2.32 bits per heavy atom. The van der Waals surface area contributed by atoms with Crippen LogP contribution >= 0.6 is 15.9 Å². The number of carbonyl (C=O) groups excluding carboxylic acids is 1. The molecule has 1 aliphatic rings. The highest BCUT2D eigenvalue weighted by molar-refractivity contribution is 9.10. The van der Waals surface area contributed by atoms with Crippen molar-refractivity contribution in [2.24, 2.45) is 11.7 Å². The van der Waals surface area contributed by atoms with E-state index in [1.54, 1.807) is 0 Å². The number of nitrogens with two attached hydrogens (primary N) is 1. The topological polar surface area (TPSA) is 58.4 Å². The van der Waals surface area contributed by atoms with Gasteiger partial charge in [-0.15, -0.1) is 0 Å². The third kappa shape index (κ3) is 3.48. The molecule has 1 aliphatic heterocycles. The van der Waals surface area contributed by atoms with E-state index in [0.29, 0.717) is 6.54 Å². The molecule has 0 saturated carbocycles. The molecule has 1 heterocycles. The molecule has 1 saturated heterocycles. The van der Waals surface area contributed by atoms with Gasteiger partial charge in [0.1, 0.15) is 0 Å². The van der Waals surface area contributed by atoms with E-state index < -0.39 is 0 Å². The van der Waals surface area contributed by atoms with E-state index in [2.05, 4.69) is 32.2 Å². The summed E-state index contributed by atoms with van der Waals surface area (Å²) in [6.45, 7) is 4.07. The van der Waals surface area contributed by atoms with Gasteiger partial charge < -0.3 is 16.0 Å². The molecule has 0 radical (unpaired) electrons. The molecule has 0 bridgehead atoms. The number of nitrogens with zero attached hydrogens (tertiary/aromatic N) is 1. The maximum Gasteiger partial charge on any atom is 0.224 e. The summed E-state index contributed by atoms with van der Waals surface area (Å²) in [7, 11) is 0. The number of benzene rings is 1. The number of para-hydroxylation sites is 1. The van der Waals surface area contributed by atoms with Crippen LogP contribution in [-0.4, -0.2) is 31.6 Å². The first-order valence-corrected chi connectivity index (χ1v) is 7.41. The molecule has 0 aliphatic carbocycles. The van der Waals surface area contributed by atoms with Crippen LogP contribution in [0.2, 0.25) is 0 Å². The number of carbonyl (C=O) groups is 1. The minimum atomic E-state index is -0.113. The second-order valence-corrected chi connectivity index (χ2v) is 5.88. The molecule has 3 N–H and O–H groups in total. The van der Waals surface area contributed by atoms with Gasteiger partial charge in [-0.2, -0.15) is 0 Å². The van der Waals surface area contributed by atoms with Crippen LogP contribution in [0.5, 0.6) is 0 Å². The van der Waals surface area contributed by atoms with Crippen LogP contribution in [0.3, 0.4) is 0 Å². The first-order valence-electron chi connectivity index (χ1n) is 6.61. The molecule has 0 aromatic heterocycles. The summed E-state index contributed by atoms with van der Waals surface area (Å²) in [6.07, 6.45) is 0.977. The van der Waals surface area contributed by atoms with E-state index >= 15 is 0 Å². The van der Waals surface area contributed by atoms with Gasteiger partial charge in [-0.1, -0.05) is 19.1 Å². The van der Waals surface area contributed by atoms with Crippen molar-refractivity contribution in [1.82, 2.24) is 5.32 Å². The molecule has 1 aromatic rings. The Morgan fingerprint density at radius 1 is 1.58 bits per heavy atom. The first-order chi connectivity index (χ1) is 9.11. The smallest absolute Gasteiger partial charge is 0.224 e. The van der Waals surface area contributed by atoms with Crippen molar-refractivity contribution in [2.45, 2.75) is 19.4 Å². The van der Waals surface area contributed by atoms with E-state index in [-0.39, 0.29) is 17.9 Å². The lowest BCUT2D eigenvalue weighted by Gasteiger charge is -2.21. The van der Waals surface area contributed by atoms with Gasteiger partial charge >= 0.3 is 0 Å². The zero-order valence-electron chi connectivity index (χ0n) is 11.1. The van der Waals surface area contributed by atoms with Crippen molar-refractivity contribution >= 4 is 27.5 Å². The summed E-state index contributed by atoms with van der Waals surface area (Å²) in [6, 6.07) is 8.39. The molecule has 1 aromatic carbocycles. The molecule has 19 heavy (non-hydrogen) atoms. The van der Waals surface area contributed by atoms with Gasteiger partial charge in [0.25, 0.3) is 0 Å². The van der Waals surface area contributed by atoms with Crippen molar-refractivity contribution in [3.63, 3.8) is 0 Å². The first kappa shape index (κ1) is 14.3. The molecular weight excluding hydrogens is 306 g/mol. The van der Waals surface area contributed by atoms with Crippen molar-refractivity contribution < 1.29 is 4.79 Å². The highest BCUT2D eigenvalue weighted by Gasteiger charge is 2.26. The molecule has 104 valence electrons. The Bertz CT molecular complexity index is 452. The number of hydrogen-bond donors (Lipinski definition) is 2. The normalized spacial score (nSPS) is 20.4. The summed E-state index contributed by atoms with van der Waals surface area (Å²) in [5.41, 5.74) is 6.69. The number of halogens is 1. The highest BCUT2D eigenvalue weighted by atomic mass is 79.9. The number of hydrogen-bond acceptors (Lipinski definition) is 3. The van der Waals surface area contributed by atoms with Gasteiger partial charge in [0.2, 0.25) is 5.91 Å². The molecule has 2 atom stereocenters. The van der Waals surface area contributed by atoms with E-state index in [1.165, 1.54) is 5.69 Å². The Kier molecular flexibility index (Phi) is 4.82. The summed E-state index contributed by atoms with van der Waals surface area (Å²) < 4.78 is 1.09.